The number of aromatic nitrogens is 2. The summed E-state index contributed by atoms with van der Waals surface area (Å²) in [5.41, 5.74) is 0.462. The summed E-state index contributed by atoms with van der Waals surface area (Å²) >= 11 is 1.21. The molecule has 0 saturated carbocycles. The number of sulfone groups is 1. The lowest BCUT2D eigenvalue weighted by Gasteiger charge is -2.19. The number of carbonyl (C=O) groups excluding carboxylic acids is 1. The second kappa shape index (κ2) is 7.63. The molecule has 0 radical (unpaired) electrons. The number of hydrogen-bond donors (Lipinski definition) is 1. The minimum absolute atomic E-state index is 0.0128. The van der Waals surface area contributed by atoms with Crippen LogP contribution in [0.3, 0.4) is 0 Å². The monoisotopic (exact) mass is 409 g/mol. The van der Waals surface area contributed by atoms with Crippen molar-refractivity contribution in [3.05, 3.63) is 34.6 Å². The van der Waals surface area contributed by atoms with Gasteiger partial charge in [-0.3, -0.25) is 14.2 Å². The molecular weight excluding hydrogens is 386 g/mol. The van der Waals surface area contributed by atoms with Crippen LogP contribution in [0.2, 0.25) is 0 Å². The summed E-state index contributed by atoms with van der Waals surface area (Å²) in [6.07, 6.45) is 0.441. The normalized spacial score (nSPS) is 20.1. The number of hydrogen-bond acceptors (Lipinski definition) is 6. The van der Waals surface area contributed by atoms with Crippen molar-refractivity contribution in [3.63, 3.8) is 0 Å². The van der Waals surface area contributed by atoms with Crippen LogP contribution in [0.1, 0.15) is 33.2 Å². The Kier molecular flexibility index (Phi) is 5.62. The van der Waals surface area contributed by atoms with E-state index in [4.69, 9.17) is 0 Å². The van der Waals surface area contributed by atoms with E-state index in [2.05, 4.69) is 10.3 Å². The topological polar surface area (TPSA) is 98.1 Å². The molecule has 9 heteroatoms. The van der Waals surface area contributed by atoms with Gasteiger partial charge < -0.3 is 5.32 Å². The minimum atomic E-state index is -3.05. The zero-order chi connectivity index (χ0) is 19.8. The van der Waals surface area contributed by atoms with E-state index >= 15 is 0 Å². The van der Waals surface area contributed by atoms with Crippen LogP contribution < -0.4 is 10.9 Å². The lowest BCUT2D eigenvalue weighted by atomic mass is 10.2. The summed E-state index contributed by atoms with van der Waals surface area (Å²) < 4.78 is 24.7. The second-order valence-corrected chi connectivity index (χ2v) is 10.6. The Morgan fingerprint density at radius 1 is 1.30 bits per heavy atom. The zero-order valence-electron chi connectivity index (χ0n) is 15.5. The fourth-order valence-electron chi connectivity index (χ4n) is 3.10. The van der Waals surface area contributed by atoms with Gasteiger partial charge in [-0.05, 0) is 39.3 Å². The Bertz CT molecular complexity index is 1030. The first-order chi connectivity index (χ1) is 12.7. The average molecular weight is 410 g/mol. The molecule has 0 unspecified atom stereocenters. The van der Waals surface area contributed by atoms with Crippen molar-refractivity contribution >= 4 is 38.4 Å². The third kappa shape index (κ3) is 4.35. The molecule has 1 aliphatic heterocycles. The van der Waals surface area contributed by atoms with Crippen LogP contribution in [-0.4, -0.2) is 46.7 Å². The second-order valence-electron chi connectivity index (χ2n) is 7.05. The first-order valence-corrected chi connectivity index (χ1v) is 11.6. The number of fused-ring (bicyclic) bond motifs is 1. The van der Waals surface area contributed by atoms with Gasteiger partial charge in [-0.25, -0.2) is 13.4 Å². The van der Waals surface area contributed by atoms with Gasteiger partial charge in [-0.1, -0.05) is 23.9 Å². The predicted octanol–water partition coefficient (Wildman–Crippen LogP) is 1.76. The molecule has 1 fully saturated rings. The largest absolute Gasteiger partial charge is 0.351 e. The van der Waals surface area contributed by atoms with Gasteiger partial charge in [0, 0.05) is 12.1 Å². The molecule has 0 aliphatic carbocycles. The van der Waals surface area contributed by atoms with Crippen LogP contribution in [0.25, 0.3) is 10.9 Å². The molecule has 2 aromatic rings. The highest BCUT2D eigenvalue weighted by Crippen LogP contribution is 2.25. The third-order valence-corrected chi connectivity index (χ3v) is 7.36. The SMILES string of the molecule is CC(C)n1c(S[C@@H](C)C(=O)N[C@H]2CCS(=O)(=O)C2)nc2ccccc2c1=O. The molecule has 3 rings (SSSR count). The molecule has 146 valence electrons. The highest BCUT2D eigenvalue weighted by molar-refractivity contribution is 8.00. The number of benzene rings is 1. The maximum Gasteiger partial charge on any atom is 0.262 e. The summed E-state index contributed by atoms with van der Waals surface area (Å²) in [4.78, 5) is 29.9. The van der Waals surface area contributed by atoms with Crippen molar-refractivity contribution in [1.29, 1.82) is 0 Å². The fraction of sp³-hybridized carbons (Fsp3) is 0.500. The van der Waals surface area contributed by atoms with Gasteiger partial charge in [0.2, 0.25) is 5.91 Å². The molecule has 1 aliphatic rings. The van der Waals surface area contributed by atoms with Crippen LogP contribution in [0.4, 0.5) is 0 Å². The average Bonchev–Trinajstić information content (AvgIpc) is 2.93. The number of nitrogens with one attached hydrogen (secondary N) is 1. The Morgan fingerprint density at radius 2 is 2.00 bits per heavy atom. The summed E-state index contributed by atoms with van der Waals surface area (Å²) in [5.74, 6) is -0.153. The Labute approximate surface area is 162 Å². The van der Waals surface area contributed by atoms with Crippen molar-refractivity contribution in [1.82, 2.24) is 14.9 Å². The third-order valence-electron chi connectivity index (χ3n) is 4.52. The molecule has 2 heterocycles. The summed E-state index contributed by atoms with van der Waals surface area (Å²) in [6, 6.07) is 6.69. The van der Waals surface area contributed by atoms with Crippen LogP contribution in [-0.2, 0) is 14.6 Å². The van der Waals surface area contributed by atoms with Crippen molar-refractivity contribution in [3.8, 4) is 0 Å². The first-order valence-electron chi connectivity index (χ1n) is 8.86. The van der Waals surface area contributed by atoms with Crippen molar-refractivity contribution in [2.75, 3.05) is 11.5 Å². The minimum Gasteiger partial charge on any atom is -0.351 e. The number of carbonyl (C=O) groups is 1. The molecule has 1 N–H and O–H groups in total. The summed E-state index contributed by atoms with van der Waals surface area (Å²) in [7, 11) is -3.05. The van der Waals surface area contributed by atoms with Crippen molar-refractivity contribution in [2.45, 2.75) is 49.7 Å². The maximum atomic E-state index is 12.8. The first kappa shape index (κ1) is 19.9. The summed E-state index contributed by atoms with van der Waals surface area (Å²) in [5, 5.41) is 3.32. The molecule has 0 spiro atoms. The van der Waals surface area contributed by atoms with Gasteiger partial charge in [-0.2, -0.15) is 0 Å². The fourth-order valence-corrected chi connectivity index (χ4v) is 5.83. The molecule has 1 saturated heterocycles. The van der Waals surface area contributed by atoms with Gasteiger partial charge in [0.25, 0.3) is 5.56 Å². The van der Waals surface area contributed by atoms with Crippen molar-refractivity contribution < 1.29 is 13.2 Å². The zero-order valence-corrected chi connectivity index (χ0v) is 17.1. The summed E-state index contributed by atoms with van der Waals surface area (Å²) in [6.45, 7) is 5.53. The van der Waals surface area contributed by atoms with Crippen molar-refractivity contribution in [2.24, 2.45) is 0 Å². The van der Waals surface area contributed by atoms with Gasteiger partial charge in [0.05, 0.1) is 27.7 Å². The number of nitrogens with zero attached hydrogens (tertiary/aromatic N) is 2. The molecular formula is C18H23N3O4S2. The number of para-hydroxylation sites is 1. The van der Waals surface area contributed by atoms with Gasteiger partial charge in [-0.15, -0.1) is 0 Å². The highest BCUT2D eigenvalue weighted by Gasteiger charge is 2.30. The number of thioether (sulfide) groups is 1. The van der Waals surface area contributed by atoms with Gasteiger partial charge in [0.15, 0.2) is 15.0 Å². The molecule has 2 atom stereocenters. The number of rotatable bonds is 5. The van der Waals surface area contributed by atoms with Crippen LogP contribution in [0, 0.1) is 0 Å². The van der Waals surface area contributed by atoms with E-state index in [0.717, 1.165) is 0 Å². The molecule has 1 amide bonds. The molecule has 1 aromatic carbocycles. The van der Waals surface area contributed by atoms with Crippen LogP contribution >= 0.6 is 11.8 Å². The van der Waals surface area contributed by atoms with E-state index in [1.807, 2.05) is 19.9 Å². The molecule has 0 bridgehead atoms. The molecule has 7 nitrogen and oxygen atoms in total. The molecule has 27 heavy (non-hydrogen) atoms. The van der Waals surface area contributed by atoms with E-state index in [0.29, 0.717) is 22.5 Å². The van der Waals surface area contributed by atoms with E-state index in [9.17, 15) is 18.0 Å². The predicted molar refractivity (Wildman–Crippen MR) is 107 cm³/mol. The Morgan fingerprint density at radius 3 is 2.63 bits per heavy atom. The lowest BCUT2D eigenvalue weighted by Crippen LogP contribution is -2.40. The van der Waals surface area contributed by atoms with E-state index < -0.39 is 15.1 Å². The van der Waals surface area contributed by atoms with Crippen LogP contribution in [0.5, 0.6) is 0 Å². The Hall–Kier alpha value is -1.87. The van der Waals surface area contributed by atoms with Crippen LogP contribution in [0.15, 0.2) is 34.2 Å². The highest BCUT2D eigenvalue weighted by atomic mass is 32.2. The quantitative estimate of drug-likeness (QED) is 0.597. The van der Waals surface area contributed by atoms with Gasteiger partial charge >= 0.3 is 0 Å². The van der Waals surface area contributed by atoms with E-state index in [-0.39, 0.29) is 35.1 Å². The van der Waals surface area contributed by atoms with Gasteiger partial charge in [0.1, 0.15) is 0 Å². The van der Waals surface area contributed by atoms with E-state index in [1.165, 1.54) is 11.8 Å². The number of amides is 1. The Balaban J connectivity index is 1.84. The lowest BCUT2D eigenvalue weighted by molar-refractivity contribution is -0.120. The molecule has 1 aromatic heterocycles. The smallest absolute Gasteiger partial charge is 0.262 e. The van der Waals surface area contributed by atoms with E-state index in [1.54, 1.807) is 29.7 Å². The standard InChI is InChI=1S/C18H23N3O4S2/c1-11(2)21-17(23)14-6-4-5-7-15(14)20-18(21)26-12(3)16(22)19-13-8-9-27(24,25)10-13/h4-7,11-13H,8-10H2,1-3H3,(H,19,22)/t12-,13-/m0/s1. The maximum absolute atomic E-state index is 12.8.